The summed E-state index contributed by atoms with van der Waals surface area (Å²) in [5.41, 5.74) is 6.86. The highest BCUT2D eigenvalue weighted by atomic mass is 35.5. The predicted molar refractivity (Wildman–Crippen MR) is 82.6 cm³/mol. The summed E-state index contributed by atoms with van der Waals surface area (Å²) >= 11 is 0. The third-order valence-electron chi connectivity index (χ3n) is 3.17. The molecule has 1 rings (SSSR count). The maximum Gasteiger partial charge on any atom is 0.236 e. The van der Waals surface area contributed by atoms with Gasteiger partial charge in [-0.2, -0.15) is 0 Å². The van der Waals surface area contributed by atoms with Gasteiger partial charge >= 0.3 is 0 Å². The van der Waals surface area contributed by atoms with Crippen molar-refractivity contribution in [3.63, 3.8) is 0 Å². The van der Waals surface area contributed by atoms with Gasteiger partial charge in [0.2, 0.25) is 5.91 Å². The Kier molecular flexibility index (Phi) is 7.09. The summed E-state index contributed by atoms with van der Waals surface area (Å²) in [5, 5.41) is 2.94. The Bertz CT molecular complexity index is 390. The second-order valence-electron chi connectivity index (χ2n) is 5.65. The van der Waals surface area contributed by atoms with Crippen molar-refractivity contribution < 1.29 is 4.79 Å². The first-order valence-corrected chi connectivity index (χ1v) is 6.44. The summed E-state index contributed by atoms with van der Waals surface area (Å²) in [7, 11) is 0. The fourth-order valence-corrected chi connectivity index (χ4v) is 2.20. The molecular weight excluding hydrogens is 260 g/mol. The Hall–Kier alpha value is -1.06. The number of carbonyl (C=O) groups excluding carboxylic acids is 1. The summed E-state index contributed by atoms with van der Waals surface area (Å²) < 4.78 is 0. The number of hydrogen-bond donors (Lipinski definition) is 2. The van der Waals surface area contributed by atoms with Crippen LogP contribution in [0.3, 0.4) is 0 Å². The molecule has 1 aromatic rings. The summed E-state index contributed by atoms with van der Waals surface area (Å²) in [6.45, 7) is 8.10. The largest absolute Gasteiger partial charge is 0.352 e. The first kappa shape index (κ1) is 17.9. The highest BCUT2D eigenvalue weighted by molar-refractivity contribution is 5.85. The first-order valence-electron chi connectivity index (χ1n) is 6.44. The van der Waals surface area contributed by atoms with E-state index in [0.717, 1.165) is 6.42 Å². The fourth-order valence-electron chi connectivity index (χ4n) is 2.20. The number of halogens is 1. The number of rotatable bonds is 5. The molecule has 0 radical (unpaired) electrons. The Labute approximate surface area is 122 Å². The highest BCUT2D eigenvalue weighted by Gasteiger charge is 2.24. The number of nitrogens with one attached hydrogen (secondary N) is 1. The lowest BCUT2D eigenvalue weighted by molar-refractivity contribution is -0.122. The molecule has 1 unspecified atom stereocenters. The van der Waals surface area contributed by atoms with Gasteiger partial charge < -0.3 is 11.1 Å². The quantitative estimate of drug-likeness (QED) is 0.873. The van der Waals surface area contributed by atoms with E-state index in [9.17, 15) is 4.79 Å². The van der Waals surface area contributed by atoms with Crippen molar-refractivity contribution in [1.29, 1.82) is 0 Å². The van der Waals surface area contributed by atoms with Gasteiger partial charge in [-0.1, -0.05) is 44.2 Å². The van der Waals surface area contributed by atoms with Gasteiger partial charge in [0.25, 0.3) is 0 Å². The molecule has 3 nitrogen and oxygen atoms in total. The molecule has 3 N–H and O–H groups in total. The van der Waals surface area contributed by atoms with E-state index in [1.54, 1.807) is 6.92 Å². The fraction of sp³-hybridized carbons (Fsp3) is 0.533. The SMILES string of the molecule is CC(CC(C)(C)c1ccccc1)NC(=O)[C@@H](C)N.Cl. The number of amides is 1. The van der Waals surface area contributed by atoms with Gasteiger partial charge in [-0.15, -0.1) is 12.4 Å². The molecule has 0 aliphatic heterocycles. The molecule has 0 saturated heterocycles. The minimum atomic E-state index is -0.452. The first-order chi connectivity index (χ1) is 8.33. The van der Waals surface area contributed by atoms with E-state index >= 15 is 0 Å². The van der Waals surface area contributed by atoms with Crippen molar-refractivity contribution in [3.05, 3.63) is 35.9 Å². The molecule has 1 aromatic carbocycles. The van der Waals surface area contributed by atoms with Crippen molar-refractivity contribution in [2.24, 2.45) is 5.73 Å². The van der Waals surface area contributed by atoms with E-state index in [0.29, 0.717) is 0 Å². The molecule has 0 fully saturated rings. The molecule has 0 saturated carbocycles. The molecule has 0 heterocycles. The summed E-state index contributed by atoms with van der Waals surface area (Å²) in [4.78, 5) is 11.5. The molecule has 2 atom stereocenters. The molecule has 0 bridgehead atoms. The lowest BCUT2D eigenvalue weighted by Gasteiger charge is -2.29. The third kappa shape index (κ3) is 5.62. The average molecular weight is 285 g/mol. The van der Waals surface area contributed by atoms with Crippen LogP contribution in [0.1, 0.15) is 39.7 Å². The molecule has 0 aliphatic carbocycles. The van der Waals surface area contributed by atoms with Gasteiger partial charge in [0.05, 0.1) is 6.04 Å². The van der Waals surface area contributed by atoms with Crippen LogP contribution < -0.4 is 11.1 Å². The van der Waals surface area contributed by atoms with Gasteiger partial charge in [-0.05, 0) is 31.2 Å². The monoisotopic (exact) mass is 284 g/mol. The Morgan fingerprint density at radius 2 is 1.79 bits per heavy atom. The molecular formula is C15H25ClN2O. The van der Waals surface area contributed by atoms with E-state index in [2.05, 4.69) is 31.3 Å². The van der Waals surface area contributed by atoms with Gasteiger partial charge in [0.1, 0.15) is 0 Å². The van der Waals surface area contributed by atoms with Crippen LogP contribution in [-0.2, 0) is 10.2 Å². The average Bonchev–Trinajstić information content (AvgIpc) is 2.29. The minimum absolute atomic E-state index is 0. The second kappa shape index (κ2) is 7.51. The molecule has 1 amide bonds. The standard InChI is InChI=1S/C15H24N2O.ClH/c1-11(17-14(18)12(2)16)10-15(3,4)13-8-6-5-7-9-13;/h5-9,11-12H,10,16H2,1-4H3,(H,17,18);1H/t11?,12-;/m1./s1. The van der Waals surface area contributed by atoms with Crippen LogP contribution in [0.25, 0.3) is 0 Å². The number of hydrogen-bond acceptors (Lipinski definition) is 2. The number of carbonyl (C=O) groups is 1. The minimum Gasteiger partial charge on any atom is -0.352 e. The zero-order valence-corrected chi connectivity index (χ0v) is 13.0. The lowest BCUT2D eigenvalue weighted by atomic mass is 9.79. The molecule has 0 spiro atoms. The zero-order valence-electron chi connectivity index (χ0n) is 12.1. The van der Waals surface area contributed by atoms with Crippen molar-refractivity contribution in [1.82, 2.24) is 5.32 Å². The van der Waals surface area contributed by atoms with Crippen LogP contribution in [-0.4, -0.2) is 18.0 Å². The van der Waals surface area contributed by atoms with Gasteiger partial charge in [0, 0.05) is 6.04 Å². The third-order valence-corrected chi connectivity index (χ3v) is 3.17. The second-order valence-corrected chi connectivity index (χ2v) is 5.65. The molecule has 108 valence electrons. The van der Waals surface area contributed by atoms with E-state index in [1.165, 1.54) is 5.56 Å². The summed E-state index contributed by atoms with van der Waals surface area (Å²) in [5.74, 6) is -0.0913. The highest BCUT2D eigenvalue weighted by Crippen LogP contribution is 2.28. The van der Waals surface area contributed by atoms with Crippen molar-refractivity contribution >= 4 is 18.3 Å². The van der Waals surface area contributed by atoms with Crippen LogP contribution in [0.4, 0.5) is 0 Å². The van der Waals surface area contributed by atoms with E-state index in [-0.39, 0.29) is 29.8 Å². The van der Waals surface area contributed by atoms with E-state index < -0.39 is 6.04 Å². The topological polar surface area (TPSA) is 55.1 Å². The van der Waals surface area contributed by atoms with Crippen molar-refractivity contribution in [2.45, 2.75) is 51.6 Å². The van der Waals surface area contributed by atoms with Gasteiger partial charge in [-0.3, -0.25) is 4.79 Å². The smallest absolute Gasteiger partial charge is 0.236 e. The van der Waals surface area contributed by atoms with Crippen molar-refractivity contribution in [2.75, 3.05) is 0 Å². The Morgan fingerprint density at radius 3 is 2.26 bits per heavy atom. The predicted octanol–water partition coefficient (Wildman–Crippen LogP) is 2.63. The maximum absolute atomic E-state index is 11.5. The number of benzene rings is 1. The molecule has 0 aliphatic rings. The molecule has 19 heavy (non-hydrogen) atoms. The maximum atomic E-state index is 11.5. The van der Waals surface area contributed by atoms with Crippen LogP contribution in [0.2, 0.25) is 0 Å². The van der Waals surface area contributed by atoms with Gasteiger partial charge in [-0.25, -0.2) is 0 Å². The zero-order chi connectivity index (χ0) is 13.8. The van der Waals surface area contributed by atoms with E-state index in [4.69, 9.17) is 5.73 Å². The Morgan fingerprint density at radius 1 is 1.26 bits per heavy atom. The normalized spacial score (nSPS) is 14.2. The van der Waals surface area contributed by atoms with Gasteiger partial charge in [0.15, 0.2) is 0 Å². The Balaban J connectivity index is 0.00000324. The van der Waals surface area contributed by atoms with Crippen LogP contribution >= 0.6 is 12.4 Å². The van der Waals surface area contributed by atoms with Crippen LogP contribution in [0, 0.1) is 0 Å². The van der Waals surface area contributed by atoms with Crippen molar-refractivity contribution in [3.8, 4) is 0 Å². The lowest BCUT2D eigenvalue weighted by Crippen LogP contribution is -2.44. The van der Waals surface area contributed by atoms with E-state index in [1.807, 2.05) is 25.1 Å². The summed E-state index contributed by atoms with van der Waals surface area (Å²) in [6.07, 6.45) is 0.884. The molecule has 4 heteroatoms. The summed E-state index contributed by atoms with van der Waals surface area (Å²) in [6, 6.07) is 10.0. The molecule has 0 aromatic heterocycles. The van der Waals surface area contributed by atoms with Crippen LogP contribution in [0.5, 0.6) is 0 Å². The number of nitrogens with two attached hydrogens (primary N) is 1. The van der Waals surface area contributed by atoms with Crippen LogP contribution in [0.15, 0.2) is 30.3 Å².